The Hall–Kier alpha value is -1.71. The van der Waals surface area contributed by atoms with Crippen molar-refractivity contribution in [2.45, 2.75) is 13.8 Å². The van der Waals surface area contributed by atoms with E-state index in [4.69, 9.17) is 0 Å². The number of pyridine rings is 1. The van der Waals surface area contributed by atoms with E-state index >= 15 is 0 Å². The van der Waals surface area contributed by atoms with Crippen molar-refractivity contribution in [2.75, 3.05) is 0 Å². The first-order chi connectivity index (χ1) is 6.02. The number of hydrogen-bond donors (Lipinski definition) is 1. The molecule has 0 aliphatic rings. The molecule has 1 aromatic heterocycles. The lowest BCUT2D eigenvalue weighted by molar-refractivity contribution is 0.101. The van der Waals surface area contributed by atoms with E-state index in [0.717, 1.165) is 6.20 Å². The van der Waals surface area contributed by atoms with Gasteiger partial charge < -0.3 is 5.11 Å². The van der Waals surface area contributed by atoms with Crippen LogP contribution in [0.15, 0.2) is 12.3 Å². The Morgan fingerprint density at radius 2 is 1.92 bits per heavy atom. The van der Waals surface area contributed by atoms with Crippen LogP contribution in [0.5, 0.6) is 5.75 Å². The highest BCUT2D eigenvalue weighted by Crippen LogP contribution is 2.16. The lowest BCUT2D eigenvalue weighted by Crippen LogP contribution is -2.01. The van der Waals surface area contributed by atoms with Gasteiger partial charge in [-0.1, -0.05) is 0 Å². The van der Waals surface area contributed by atoms with Gasteiger partial charge >= 0.3 is 0 Å². The van der Waals surface area contributed by atoms with Crippen LogP contribution in [0, 0.1) is 0 Å². The summed E-state index contributed by atoms with van der Waals surface area (Å²) in [5.74, 6) is -0.720. The van der Waals surface area contributed by atoms with E-state index in [2.05, 4.69) is 4.98 Å². The summed E-state index contributed by atoms with van der Waals surface area (Å²) in [5.41, 5.74) is 0.309. The normalized spacial score (nSPS) is 9.69. The molecule has 0 aliphatic heterocycles. The van der Waals surface area contributed by atoms with Crippen LogP contribution in [0.2, 0.25) is 0 Å². The minimum absolute atomic E-state index is 0.125. The molecule has 0 radical (unpaired) electrons. The summed E-state index contributed by atoms with van der Waals surface area (Å²) in [5, 5.41) is 9.19. The van der Waals surface area contributed by atoms with Crippen LogP contribution in [0.4, 0.5) is 0 Å². The van der Waals surface area contributed by atoms with E-state index in [1.54, 1.807) is 0 Å². The second kappa shape index (κ2) is 3.35. The highest BCUT2D eigenvalue weighted by Gasteiger charge is 2.10. The van der Waals surface area contributed by atoms with Gasteiger partial charge in [-0.05, 0) is 13.0 Å². The number of hydrogen-bond acceptors (Lipinski definition) is 4. The molecule has 0 fully saturated rings. The van der Waals surface area contributed by atoms with Crippen molar-refractivity contribution in [3.05, 3.63) is 23.5 Å². The summed E-state index contributed by atoms with van der Waals surface area (Å²) >= 11 is 0. The predicted octanol–water partition coefficient (Wildman–Crippen LogP) is 1.19. The summed E-state index contributed by atoms with van der Waals surface area (Å²) < 4.78 is 0. The van der Waals surface area contributed by atoms with Crippen molar-refractivity contribution in [3.8, 4) is 5.75 Å². The molecule has 0 saturated heterocycles. The van der Waals surface area contributed by atoms with E-state index in [1.165, 1.54) is 19.9 Å². The first kappa shape index (κ1) is 9.38. The molecule has 1 heterocycles. The highest BCUT2D eigenvalue weighted by molar-refractivity contribution is 6.00. The van der Waals surface area contributed by atoms with Gasteiger partial charge in [0.1, 0.15) is 11.4 Å². The van der Waals surface area contributed by atoms with Crippen LogP contribution in [-0.4, -0.2) is 21.7 Å². The average molecular weight is 179 g/mol. The van der Waals surface area contributed by atoms with Crippen molar-refractivity contribution in [1.29, 1.82) is 0 Å². The number of carbonyl (C=O) groups is 2. The minimum atomic E-state index is -0.289. The van der Waals surface area contributed by atoms with Gasteiger partial charge in [-0.2, -0.15) is 0 Å². The fourth-order valence-electron chi connectivity index (χ4n) is 0.923. The summed E-state index contributed by atoms with van der Waals surface area (Å²) in [7, 11) is 0. The molecule has 0 unspecified atom stereocenters. The van der Waals surface area contributed by atoms with Gasteiger partial charge in [0.05, 0.1) is 11.8 Å². The van der Waals surface area contributed by atoms with Crippen LogP contribution in [0.1, 0.15) is 34.7 Å². The highest BCUT2D eigenvalue weighted by atomic mass is 16.3. The Bertz CT molecular complexity index is 371. The third-order valence-electron chi connectivity index (χ3n) is 1.62. The molecule has 1 N–H and O–H groups in total. The van der Waals surface area contributed by atoms with Gasteiger partial charge in [0.25, 0.3) is 0 Å². The molecule has 1 rings (SSSR count). The standard InChI is InChI=1S/C9H9NO3/c1-5(11)7-3-8(6(2)12)10-4-9(7)13/h3-4,13H,1-2H3. The van der Waals surface area contributed by atoms with Gasteiger partial charge in [-0.3, -0.25) is 9.59 Å². The quantitative estimate of drug-likeness (QED) is 0.692. The molecular weight excluding hydrogens is 170 g/mol. The largest absolute Gasteiger partial charge is 0.506 e. The molecule has 68 valence electrons. The van der Waals surface area contributed by atoms with E-state index in [-0.39, 0.29) is 28.6 Å². The van der Waals surface area contributed by atoms with Crippen molar-refractivity contribution in [3.63, 3.8) is 0 Å². The van der Waals surface area contributed by atoms with Gasteiger partial charge in [0.2, 0.25) is 0 Å². The van der Waals surface area contributed by atoms with Crippen LogP contribution in [0.25, 0.3) is 0 Å². The van der Waals surface area contributed by atoms with Crippen LogP contribution < -0.4 is 0 Å². The minimum Gasteiger partial charge on any atom is -0.506 e. The Labute approximate surface area is 75.2 Å². The second-order valence-electron chi connectivity index (χ2n) is 2.70. The Morgan fingerprint density at radius 1 is 1.31 bits per heavy atom. The molecule has 0 bridgehead atoms. The van der Waals surface area contributed by atoms with Gasteiger partial charge in [0, 0.05) is 6.92 Å². The molecule has 0 aromatic carbocycles. The van der Waals surface area contributed by atoms with E-state index in [9.17, 15) is 14.7 Å². The van der Waals surface area contributed by atoms with E-state index in [0.29, 0.717) is 0 Å². The number of rotatable bonds is 2. The molecule has 0 spiro atoms. The summed E-state index contributed by atoms with van der Waals surface area (Å²) in [6, 6.07) is 1.29. The predicted molar refractivity (Wildman–Crippen MR) is 45.9 cm³/mol. The Kier molecular flexibility index (Phi) is 2.41. The van der Waals surface area contributed by atoms with Crippen molar-refractivity contribution < 1.29 is 14.7 Å². The van der Waals surface area contributed by atoms with Crippen molar-refractivity contribution in [1.82, 2.24) is 4.98 Å². The molecule has 0 amide bonds. The van der Waals surface area contributed by atoms with Crippen molar-refractivity contribution >= 4 is 11.6 Å². The third-order valence-corrected chi connectivity index (χ3v) is 1.62. The molecule has 1 aromatic rings. The van der Waals surface area contributed by atoms with Gasteiger partial charge in [-0.25, -0.2) is 4.98 Å². The van der Waals surface area contributed by atoms with Gasteiger partial charge in [-0.15, -0.1) is 0 Å². The summed E-state index contributed by atoms with van der Waals surface area (Å²) in [4.78, 5) is 25.5. The number of nitrogens with zero attached hydrogens (tertiary/aromatic N) is 1. The smallest absolute Gasteiger partial charge is 0.178 e. The maximum absolute atomic E-state index is 10.9. The molecule has 0 atom stereocenters. The number of aromatic nitrogens is 1. The molecule has 0 saturated carbocycles. The van der Waals surface area contributed by atoms with Crippen LogP contribution >= 0.6 is 0 Å². The molecule has 0 aliphatic carbocycles. The zero-order valence-corrected chi connectivity index (χ0v) is 7.37. The van der Waals surface area contributed by atoms with Gasteiger partial charge in [0.15, 0.2) is 11.6 Å². The number of Topliss-reactive ketones (excluding diaryl/α,β-unsaturated/α-hetero) is 2. The zero-order chi connectivity index (χ0) is 10.0. The third kappa shape index (κ3) is 1.90. The number of aromatic hydroxyl groups is 1. The maximum atomic E-state index is 10.9. The summed E-state index contributed by atoms with van der Waals surface area (Å²) in [6.07, 6.45) is 1.10. The number of ketones is 2. The van der Waals surface area contributed by atoms with Crippen LogP contribution in [0.3, 0.4) is 0 Å². The van der Waals surface area contributed by atoms with E-state index in [1.807, 2.05) is 0 Å². The number of carbonyl (C=O) groups excluding carboxylic acids is 2. The molecular formula is C9H9NO3. The van der Waals surface area contributed by atoms with E-state index < -0.39 is 0 Å². The van der Waals surface area contributed by atoms with Crippen LogP contribution in [-0.2, 0) is 0 Å². The molecule has 13 heavy (non-hydrogen) atoms. The molecule has 4 heteroatoms. The Balaban J connectivity index is 3.27. The lowest BCUT2D eigenvalue weighted by atomic mass is 10.1. The van der Waals surface area contributed by atoms with Crippen molar-refractivity contribution in [2.24, 2.45) is 0 Å². The average Bonchev–Trinajstić information content (AvgIpc) is 2.04. The summed E-state index contributed by atoms with van der Waals surface area (Å²) in [6.45, 7) is 2.67. The fraction of sp³-hybridized carbons (Fsp3) is 0.222. The second-order valence-corrected chi connectivity index (χ2v) is 2.70. The topological polar surface area (TPSA) is 67.3 Å². The fourth-order valence-corrected chi connectivity index (χ4v) is 0.923. The zero-order valence-electron chi connectivity index (χ0n) is 7.37. The monoisotopic (exact) mass is 179 g/mol. The first-order valence-corrected chi connectivity index (χ1v) is 3.73. The Morgan fingerprint density at radius 3 is 2.38 bits per heavy atom. The molecule has 4 nitrogen and oxygen atoms in total. The maximum Gasteiger partial charge on any atom is 0.178 e. The SMILES string of the molecule is CC(=O)c1cc(C(C)=O)c(O)cn1. The first-order valence-electron chi connectivity index (χ1n) is 3.73. The lowest BCUT2D eigenvalue weighted by Gasteiger charge is -2.00.